The van der Waals surface area contributed by atoms with Crippen molar-refractivity contribution in [1.82, 2.24) is 4.98 Å². The predicted octanol–water partition coefficient (Wildman–Crippen LogP) is 5.76. The van der Waals surface area contributed by atoms with E-state index in [1.54, 1.807) is 6.07 Å². The molecule has 0 unspecified atom stereocenters. The molecule has 5 nitrogen and oxygen atoms in total. The SMILES string of the molecule is CC(C)(C)c1cc2cc(NC(=O)C3(c4ccc5c(c4)OCO5)CC3)cc(Cl)c2[nH]1.[HH]. The zero-order chi connectivity index (χ0) is 20.4. The van der Waals surface area contributed by atoms with Gasteiger partial charge in [-0.15, -0.1) is 0 Å². The first-order valence-electron chi connectivity index (χ1n) is 9.81. The number of anilines is 1. The number of rotatable bonds is 3. The molecule has 2 heterocycles. The highest BCUT2D eigenvalue weighted by molar-refractivity contribution is 6.35. The molecule has 1 fully saturated rings. The molecule has 0 spiro atoms. The molecule has 2 aliphatic rings. The molecule has 1 aromatic heterocycles. The van der Waals surface area contributed by atoms with Crippen LogP contribution in [-0.2, 0) is 15.6 Å². The van der Waals surface area contributed by atoms with Crippen molar-refractivity contribution in [3.63, 3.8) is 0 Å². The molecule has 1 aliphatic carbocycles. The molecular formula is C23H25ClN2O3. The molecule has 1 aliphatic heterocycles. The summed E-state index contributed by atoms with van der Waals surface area (Å²) in [5.74, 6) is 1.41. The first kappa shape index (κ1) is 18.4. The van der Waals surface area contributed by atoms with E-state index in [4.69, 9.17) is 21.1 Å². The van der Waals surface area contributed by atoms with E-state index in [9.17, 15) is 4.79 Å². The maximum absolute atomic E-state index is 13.2. The third kappa shape index (κ3) is 3.04. The van der Waals surface area contributed by atoms with Crippen LogP contribution in [0, 0.1) is 0 Å². The van der Waals surface area contributed by atoms with Crippen LogP contribution in [0.1, 0.15) is 46.3 Å². The first-order chi connectivity index (χ1) is 13.8. The van der Waals surface area contributed by atoms with Crippen LogP contribution in [0.25, 0.3) is 10.9 Å². The van der Waals surface area contributed by atoms with Gasteiger partial charge in [0.15, 0.2) is 11.5 Å². The van der Waals surface area contributed by atoms with Gasteiger partial charge in [-0.3, -0.25) is 4.79 Å². The number of aromatic nitrogens is 1. The highest BCUT2D eigenvalue weighted by atomic mass is 35.5. The van der Waals surface area contributed by atoms with Crippen LogP contribution in [-0.4, -0.2) is 17.7 Å². The summed E-state index contributed by atoms with van der Waals surface area (Å²) in [6, 6.07) is 11.6. The summed E-state index contributed by atoms with van der Waals surface area (Å²) in [7, 11) is 0. The molecule has 6 heteroatoms. The van der Waals surface area contributed by atoms with E-state index in [1.807, 2.05) is 24.3 Å². The predicted molar refractivity (Wildman–Crippen MR) is 116 cm³/mol. The van der Waals surface area contributed by atoms with Crippen LogP contribution in [0.3, 0.4) is 0 Å². The summed E-state index contributed by atoms with van der Waals surface area (Å²) in [6.45, 7) is 6.67. The molecule has 1 amide bonds. The number of ether oxygens (including phenoxy) is 2. The lowest BCUT2D eigenvalue weighted by atomic mass is 9.92. The van der Waals surface area contributed by atoms with Gasteiger partial charge in [0.05, 0.1) is 16.0 Å². The Balaban J connectivity index is 0.00000218. The number of H-pyrrole nitrogens is 1. The molecule has 2 N–H and O–H groups in total. The van der Waals surface area contributed by atoms with Gasteiger partial charge in [0.25, 0.3) is 0 Å². The van der Waals surface area contributed by atoms with Crippen molar-refractivity contribution in [2.45, 2.75) is 44.4 Å². The maximum Gasteiger partial charge on any atom is 0.235 e. The van der Waals surface area contributed by atoms with Crippen LogP contribution in [0.15, 0.2) is 36.4 Å². The lowest BCUT2D eigenvalue weighted by Gasteiger charge is -2.16. The summed E-state index contributed by atoms with van der Waals surface area (Å²) in [6.07, 6.45) is 1.62. The van der Waals surface area contributed by atoms with Crippen molar-refractivity contribution < 1.29 is 15.7 Å². The molecule has 2 aromatic carbocycles. The molecular weight excluding hydrogens is 388 g/mol. The fraction of sp³-hybridized carbons (Fsp3) is 0.348. The van der Waals surface area contributed by atoms with Crippen LogP contribution >= 0.6 is 11.6 Å². The second-order valence-electron chi connectivity index (χ2n) is 8.96. The minimum atomic E-state index is -0.517. The Hall–Kier alpha value is -2.66. The second-order valence-corrected chi connectivity index (χ2v) is 9.37. The summed E-state index contributed by atoms with van der Waals surface area (Å²) in [5.41, 5.74) is 3.14. The van der Waals surface area contributed by atoms with Gasteiger partial charge in [0.1, 0.15) is 0 Å². The van der Waals surface area contributed by atoms with Crippen molar-refractivity contribution in [2.24, 2.45) is 0 Å². The topological polar surface area (TPSA) is 63.4 Å². The standard InChI is InChI=1S/C23H23ClN2O3.H2/c1-22(2,3)19-9-13-8-15(11-16(24)20(13)26-19)25-21(27)23(6-7-23)14-4-5-17-18(10-14)29-12-28-17;/h4-5,8-11,26H,6-7,12H2,1-3H3,(H,25,27);1H. The smallest absolute Gasteiger partial charge is 0.235 e. The molecule has 1 saturated carbocycles. The van der Waals surface area contributed by atoms with E-state index in [-0.39, 0.29) is 19.5 Å². The number of carbonyl (C=O) groups excluding carboxylic acids is 1. The number of hydrogen-bond acceptors (Lipinski definition) is 3. The van der Waals surface area contributed by atoms with Crippen molar-refractivity contribution in [3.8, 4) is 11.5 Å². The number of hydrogen-bond donors (Lipinski definition) is 2. The van der Waals surface area contributed by atoms with Gasteiger partial charge in [0, 0.05) is 23.6 Å². The maximum atomic E-state index is 13.2. The first-order valence-corrected chi connectivity index (χ1v) is 10.2. The Morgan fingerprint density at radius 3 is 2.62 bits per heavy atom. The Bertz CT molecular complexity index is 1150. The van der Waals surface area contributed by atoms with Gasteiger partial charge in [-0.25, -0.2) is 0 Å². The summed E-state index contributed by atoms with van der Waals surface area (Å²) in [5, 5.41) is 4.67. The average molecular weight is 413 g/mol. The van der Waals surface area contributed by atoms with Gasteiger partial charge in [0.2, 0.25) is 12.7 Å². The van der Waals surface area contributed by atoms with Crippen LogP contribution < -0.4 is 14.8 Å². The zero-order valence-corrected chi connectivity index (χ0v) is 17.4. The fourth-order valence-corrected chi connectivity index (χ4v) is 4.17. The molecule has 152 valence electrons. The quantitative estimate of drug-likeness (QED) is 0.574. The van der Waals surface area contributed by atoms with E-state index in [1.165, 1.54) is 0 Å². The Kier molecular flexibility index (Phi) is 3.91. The minimum absolute atomic E-state index is 0. The number of amides is 1. The Morgan fingerprint density at radius 1 is 1.14 bits per heavy atom. The molecule has 3 aromatic rings. The number of fused-ring (bicyclic) bond motifs is 2. The summed E-state index contributed by atoms with van der Waals surface area (Å²) >= 11 is 6.51. The van der Waals surface area contributed by atoms with Crippen molar-refractivity contribution in [3.05, 3.63) is 52.7 Å². The largest absolute Gasteiger partial charge is 0.454 e. The van der Waals surface area contributed by atoms with Crippen molar-refractivity contribution in [2.75, 3.05) is 12.1 Å². The zero-order valence-electron chi connectivity index (χ0n) is 16.7. The van der Waals surface area contributed by atoms with E-state index in [2.05, 4.69) is 37.1 Å². The van der Waals surface area contributed by atoms with Crippen LogP contribution in [0.4, 0.5) is 5.69 Å². The molecule has 29 heavy (non-hydrogen) atoms. The number of benzene rings is 2. The molecule has 0 bridgehead atoms. The van der Waals surface area contributed by atoms with Crippen LogP contribution in [0.2, 0.25) is 5.02 Å². The summed E-state index contributed by atoms with van der Waals surface area (Å²) in [4.78, 5) is 16.6. The number of halogens is 1. The monoisotopic (exact) mass is 412 g/mol. The third-order valence-corrected chi connectivity index (χ3v) is 6.15. The number of carbonyl (C=O) groups is 1. The average Bonchev–Trinajstić information content (AvgIpc) is 3.12. The second kappa shape index (κ2) is 6.17. The lowest BCUT2D eigenvalue weighted by Crippen LogP contribution is -2.27. The van der Waals surface area contributed by atoms with Gasteiger partial charge in [-0.2, -0.15) is 0 Å². The van der Waals surface area contributed by atoms with Gasteiger partial charge >= 0.3 is 0 Å². The van der Waals surface area contributed by atoms with Crippen molar-refractivity contribution >= 4 is 34.1 Å². The van der Waals surface area contributed by atoms with E-state index >= 15 is 0 Å². The van der Waals surface area contributed by atoms with E-state index < -0.39 is 5.41 Å². The molecule has 0 atom stereocenters. The summed E-state index contributed by atoms with van der Waals surface area (Å²) < 4.78 is 10.9. The lowest BCUT2D eigenvalue weighted by molar-refractivity contribution is -0.118. The Labute approximate surface area is 175 Å². The van der Waals surface area contributed by atoms with Gasteiger partial charge < -0.3 is 19.8 Å². The fourth-order valence-electron chi connectivity index (χ4n) is 3.89. The van der Waals surface area contributed by atoms with Crippen LogP contribution in [0.5, 0.6) is 11.5 Å². The Morgan fingerprint density at radius 2 is 1.90 bits per heavy atom. The number of nitrogens with one attached hydrogen (secondary N) is 2. The molecule has 5 rings (SSSR count). The molecule has 0 radical (unpaired) electrons. The highest BCUT2D eigenvalue weighted by Gasteiger charge is 2.51. The molecule has 0 saturated heterocycles. The van der Waals surface area contributed by atoms with E-state index in [0.29, 0.717) is 16.5 Å². The van der Waals surface area contributed by atoms with Gasteiger partial charge in [-0.1, -0.05) is 38.4 Å². The number of aromatic amines is 1. The van der Waals surface area contributed by atoms with E-state index in [0.717, 1.165) is 40.8 Å². The minimum Gasteiger partial charge on any atom is -0.454 e. The van der Waals surface area contributed by atoms with Gasteiger partial charge in [-0.05, 0) is 48.7 Å². The highest BCUT2D eigenvalue weighted by Crippen LogP contribution is 2.51. The van der Waals surface area contributed by atoms with Crippen molar-refractivity contribution in [1.29, 1.82) is 0 Å². The normalized spacial score (nSPS) is 16.8. The third-order valence-electron chi connectivity index (χ3n) is 5.86.